The SMILES string of the molecule is Cc1c(CCl)ccc(Cl)c1Br. The third-order valence-electron chi connectivity index (χ3n) is 1.60. The Bertz CT molecular complexity index is 271. The van der Waals surface area contributed by atoms with Crippen LogP contribution in [0, 0.1) is 6.92 Å². The summed E-state index contributed by atoms with van der Waals surface area (Å²) in [5.74, 6) is 0.529. The number of halogens is 3. The molecule has 0 aliphatic rings. The molecule has 0 unspecified atom stereocenters. The molecule has 1 rings (SSSR count). The number of hydrogen-bond acceptors (Lipinski definition) is 0. The monoisotopic (exact) mass is 252 g/mol. The topological polar surface area (TPSA) is 0 Å². The van der Waals surface area contributed by atoms with Crippen LogP contribution in [0.25, 0.3) is 0 Å². The Morgan fingerprint density at radius 2 is 2.09 bits per heavy atom. The highest BCUT2D eigenvalue weighted by atomic mass is 79.9. The van der Waals surface area contributed by atoms with E-state index in [4.69, 9.17) is 23.2 Å². The molecule has 0 nitrogen and oxygen atoms in total. The van der Waals surface area contributed by atoms with Crippen LogP contribution in [0.2, 0.25) is 5.02 Å². The lowest BCUT2D eigenvalue weighted by Crippen LogP contribution is -1.86. The van der Waals surface area contributed by atoms with Gasteiger partial charge in [-0.15, -0.1) is 11.6 Å². The van der Waals surface area contributed by atoms with Gasteiger partial charge in [-0.1, -0.05) is 17.7 Å². The molecule has 0 saturated carbocycles. The van der Waals surface area contributed by atoms with Crippen LogP contribution < -0.4 is 0 Å². The minimum Gasteiger partial charge on any atom is -0.122 e. The summed E-state index contributed by atoms with van der Waals surface area (Å²) >= 11 is 14.9. The molecule has 1 aromatic carbocycles. The standard InChI is InChI=1S/C8H7BrCl2/c1-5-6(4-10)2-3-7(11)8(5)9/h2-3H,4H2,1H3. The van der Waals surface area contributed by atoms with E-state index in [1.807, 2.05) is 19.1 Å². The summed E-state index contributed by atoms with van der Waals surface area (Å²) in [5, 5.41) is 0.733. The maximum Gasteiger partial charge on any atom is 0.0550 e. The molecule has 11 heavy (non-hydrogen) atoms. The van der Waals surface area contributed by atoms with Gasteiger partial charge in [0.25, 0.3) is 0 Å². The Hall–Kier alpha value is 0.280. The molecule has 3 heteroatoms. The molecule has 0 atom stereocenters. The van der Waals surface area contributed by atoms with Crippen LogP contribution in [0.15, 0.2) is 16.6 Å². The van der Waals surface area contributed by atoms with Gasteiger partial charge < -0.3 is 0 Å². The van der Waals surface area contributed by atoms with Crippen LogP contribution in [-0.2, 0) is 5.88 Å². The molecule has 0 N–H and O–H groups in total. The van der Waals surface area contributed by atoms with Crippen molar-refractivity contribution in [3.05, 3.63) is 32.8 Å². The second-order valence-electron chi connectivity index (χ2n) is 2.28. The minimum absolute atomic E-state index is 0.529. The lowest BCUT2D eigenvalue weighted by atomic mass is 10.1. The Labute approximate surface area is 84.6 Å². The Balaban J connectivity index is 3.25. The Morgan fingerprint density at radius 1 is 1.45 bits per heavy atom. The zero-order valence-corrected chi connectivity index (χ0v) is 9.09. The molecule has 0 aromatic heterocycles. The summed E-state index contributed by atoms with van der Waals surface area (Å²) < 4.78 is 0.942. The third kappa shape index (κ3) is 1.90. The van der Waals surface area contributed by atoms with Gasteiger partial charge in [0.2, 0.25) is 0 Å². The van der Waals surface area contributed by atoms with E-state index in [1.54, 1.807) is 0 Å². The van der Waals surface area contributed by atoms with Crippen molar-refractivity contribution in [2.75, 3.05) is 0 Å². The molecule has 0 aliphatic carbocycles. The van der Waals surface area contributed by atoms with Crippen LogP contribution >= 0.6 is 39.1 Å². The molecular formula is C8H7BrCl2. The van der Waals surface area contributed by atoms with E-state index in [0.29, 0.717) is 5.88 Å². The van der Waals surface area contributed by atoms with Crippen LogP contribution in [0.3, 0.4) is 0 Å². The summed E-state index contributed by atoms with van der Waals surface area (Å²) in [7, 11) is 0. The Morgan fingerprint density at radius 3 is 2.64 bits per heavy atom. The molecule has 1 aromatic rings. The van der Waals surface area contributed by atoms with Crippen molar-refractivity contribution in [3.63, 3.8) is 0 Å². The average Bonchev–Trinajstić information content (AvgIpc) is 2.01. The van der Waals surface area contributed by atoms with Gasteiger partial charge in [-0.2, -0.15) is 0 Å². The van der Waals surface area contributed by atoms with Crippen molar-refractivity contribution < 1.29 is 0 Å². The quantitative estimate of drug-likeness (QED) is 0.660. The average molecular weight is 254 g/mol. The molecule has 0 heterocycles. The van der Waals surface area contributed by atoms with Crippen molar-refractivity contribution in [1.82, 2.24) is 0 Å². The predicted octanol–water partition coefficient (Wildman–Crippen LogP) is 4.15. The third-order valence-corrected chi connectivity index (χ3v) is 3.45. The highest BCUT2D eigenvalue weighted by Gasteiger charge is 2.04. The predicted molar refractivity (Wildman–Crippen MR) is 53.4 cm³/mol. The first-order valence-electron chi connectivity index (χ1n) is 3.16. The van der Waals surface area contributed by atoms with Crippen LogP contribution in [0.4, 0.5) is 0 Å². The fraction of sp³-hybridized carbons (Fsp3) is 0.250. The minimum atomic E-state index is 0.529. The van der Waals surface area contributed by atoms with Crippen LogP contribution in [0.5, 0.6) is 0 Å². The molecule has 0 amide bonds. The zero-order chi connectivity index (χ0) is 8.43. The first-order valence-corrected chi connectivity index (χ1v) is 4.86. The van der Waals surface area contributed by atoms with E-state index >= 15 is 0 Å². The first kappa shape index (κ1) is 9.37. The van der Waals surface area contributed by atoms with Gasteiger partial charge in [-0.05, 0) is 40.0 Å². The van der Waals surface area contributed by atoms with Crippen molar-refractivity contribution in [2.45, 2.75) is 12.8 Å². The normalized spacial score (nSPS) is 10.2. The highest BCUT2D eigenvalue weighted by Crippen LogP contribution is 2.28. The highest BCUT2D eigenvalue weighted by molar-refractivity contribution is 9.10. The lowest BCUT2D eigenvalue weighted by Gasteiger charge is -2.05. The van der Waals surface area contributed by atoms with E-state index in [0.717, 1.165) is 20.6 Å². The first-order chi connectivity index (χ1) is 5.16. The molecule has 0 radical (unpaired) electrons. The van der Waals surface area contributed by atoms with Crippen molar-refractivity contribution >= 4 is 39.1 Å². The molecule has 60 valence electrons. The van der Waals surface area contributed by atoms with Crippen molar-refractivity contribution in [1.29, 1.82) is 0 Å². The molecular weight excluding hydrogens is 247 g/mol. The molecule has 0 spiro atoms. The van der Waals surface area contributed by atoms with E-state index in [9.17, 15) is 0 Å². The van der Waals surface area contributed by atoms with E-state index in [1.165, 1.54) is 0 Å². The van der Waals surface area contributed by atoms with Gasteiger partial charge in [0.05, 0.1) is 5.02 Å². The Kier molecular flexibility index (Phi) is 3.23. The van der Waals surface area contributed by atoms with Gasteiger partial charge in [-0.25, -0.2) is 0 Å². The van der Waals surface area contributed by atoms with Crippen LogP contribution in [0.1, 0.15) is 11.1 Å². The fourth-order valence-corrected chi connectivity index (χ4v) is 1.72. The lowest BCUT2D eigenvalue weighted by molar-refractivity contribution is 1.28. The van der Waals surface area contributed by atoms with E-state index in [2.05, 4.69) is 15.9 Å². The van der Waals surface area contributed by atoms with Gasteiger partial charge in [0.1, 0.15) is 0 Å². The summed E-state index contributed by atoms with van der Waals surface area (Å²) in [6, 6.07) is 3.78. The molecule has 0 aliphatic heterocycles. The number of benzene rings is 1. The molecule has 0 bridgehead atoms. The largest absolute Gasteiger partial charge is 0.122 e. The van der Waals surface area contributed by atoms with Gasteiger partial charge >= 0.3 is 0 Å². The fourth-order valence-electron chi connectivity index (χ4n) is 0.837. The van der Waals surface area contributed by atoms with Gasteiger partial charge in [0.15, 0.2) is 0 Å². The van der Waals surface area contributed by atoms with Gasteiger partial charge in [0, 0.05) is 10.4 Å². The maximum atomic E-state index is 5.85. The smallest absolute Gasteiger partial charge is 0.0550 e. The number of alkyl halides is 1. The summed E-state index contributed by atoms with van der Waals surface area (Å²) in [4.78, 5) is 0. The number of rotatable bonds is 1. The molecule has 0 saturated heterocycles. The maximum absolute atomic E-state index is 5.85. The second-order valence-corrected chi connectivity index (χ2v) is 3.75. The molecule has 0 fully saturated rings. The van der Waals surface area contributed by atoms with Gasteiger partial charge in [-0.3, -0.25) is 0 Å². The van der Waals surface area contributed by atoms with Crippen molar-refractivity contribution in [3.8, 4) is 0 Å². The zero-order valence-electron chi connectivity index (χ0n) is 6.00. The van der Waals surface area contributed by atoms with Crippen LogP contribution in [-0.4, -0.2) is 0 Å². The van der Waals surface area contributed by atoms with E-state index in [-0.39, 0.29) is 0 Å². The summed E-state index contributed by atoms with van der Waals surface area (Å²) in [6.07, 6.45) is 0. The summed E-state index contributed by atoms with van der Waals surface area (Å²) in [5.41, 5.74) is 2.23. The van der Waals surface area contributed by atoms with Crippen molar-refractivity contribution in [2.24, 2.45) is 0 Å². The number of hydrogen-bond donors (Lipinski definition) is 0. The summed E-state index contributed by atoms with van der Waals surface area (Å²) in [6.45, 7) is 1.99. The second kappa shape index (κ2) is 3.79. The van der Waals surface area contributed by atoms with E-state index < -0.39 is 0 Å².